The summed E-state index contributed by atoms with van der Waals surface area (Å²) in [5.41, 5.74) is 38.0. The average molecular weight is 1770 g/mol. The van der Waals surface area contributed by atoms with Gasteiger partial charge in [-0.15, -0.1) is 0 Å². The third-order valence-electron chi connectivity index (χ3n) is 26.3. The Morgan fingerprint density at radius 1 is 0.138 bits per heavy atom. The van der Waals surface area contributed by atoms with Gasteiger partial charge in [-0.1, -0.05) is 400 Å². The summed E-state index contributed by atoms with van der Waals surface area (Å²) in [4.78, 5) is 6.96. The highest BCUT2D eigenvalue weighted by Crippen LogP contribution is 2.46. The summed E-state index contributed by atoms with van der Waals surface area (Å²) >= 11 is 0. The van der Waals surface area contributed by atoms with E-state index in [-0.39, 0.29) is 0 Å². The molecule has 0 spiro atoms. The zero-order chi connectivity index (χ0) is 91.9. The fourth-order valence-corrected chi connectivity index (χ4v) is 19.5. The SMILES string of the molecule is c1ccc(-c2ccc(N(c3ccc(-c4ccccc4)cc3)c3ccc(-c4cccc(-n5c6ccccc6c6ccccc65)c4)cc3)cc2)cc1.c1ccc(-c2ccc(N(c3ccc(-c4ccccc4)cc3)c3ccc(-c4cccc5c4oc4ccccc45)cc3)cc2)cc1.c1ccc(-c2ccc(N(c3ccccc3)c3ccc(-c4cccc(-n5c6ccccc6c6ccccc65)c4)cc3)cc2)cc1. The minimum atomic E-state index is 0.913. The van der Waals surface area contributed by atoms with E-state index in [0.29, 0.717) is 0 Å². The van der Waals surface area contributed by atoms with Crippen LogP contribution in [-0.2, 0) is 0 Å². The van der Waals surface area contributed by atoms with E-state index in [4.69, 9.17) is 4.42 Å². The molecule has 138 heavy (non-hydrogen) atoms. The molecule has 0 fully saturated rings. The average Bonchev–Trinajstić information content (AvgIpc) is 1.60. The molecule has 0 aliphatic carbocycles. The number of rotatable bonds is 19. The lowest BCUT2D eigenvalue weighted by atomic mass is 10.0. The van der Waals surface area contributed by atoms with Gasteiger partial charge >= 0.3 is 0 Å². The number of nitrogens with zero attached hydrogens (tertiary/aromatic N) is 5. The van der Waals surface area contributed by atoms with E-state index in [9.17, 15) is 0 Å². The highest BCUT2D eigenvalue weighted by molar-refractivity contribution is 6.12. The maximum atomic E-state index is 6.34. The lowest BCUT2D eigenvalue weighted by Crippen LogP contribution is -2.09. The van der Waals surface area contributed by atoms with Crippen LogP contribution in [0.25, 0.3) is 166 Å². The Hall–Kier alpha value is -18.4. The monoisotopic (exact) mass is 1760 g/mol. The Bertz CT molecular complexity index is 8250. The summed E-state index contributed by atoms with van der Waals surface area (Å²) in [6.45, 7) is 0. The van der Waals surface area contributed by atoms with Gasteiger partial charge in [-0.2, -0.15) is 0 Å². The van der Waals surface area contributed by atoms with Gasteiger partial charge in [0.05, 0.1) is 22.1 Å². The smallest absolute Gasteiger partial charge is 0.143 e. The highest BCUT2D eigenvalue weighted by Gasteiger charge is 2.22. The van der Waals surface area contributed by atoms with E-state index in [1.807, 2.05) is 12.1 Å². The van der Waals surface area contributed by atoms with Gasteiger partial charge in [0.2, 0.25) is 0 Å². The van der Waals surface area contributed by atoms with Gasteiger partial charge in [0.15, 0.2) is 0 Å². The van der Waals surface area contributed by atoms with Crippen LogP contribution in [0.15, 0.2) is 569 Å². The number of para-hydroxylation sites is 7. The fourth-order valence-electron chi connectivity index (χ4n) is 19.5. The first-order chi connectivity index (χ1) is 68.4. The van der Waals surface area contributed by atoms with Gasteiger partial charge in [0, 0.05) is 100 Å². The first-order valence-electron chi connectivity index (χ1n) is 47.1. The molecule has 3 aromatic heterocycles. The van der Waals surface area contributed by atoms with E-state index in [1.54, 1.807) is 0 Å². The zero-order valence-corrected chi connectivity index (χ0v) is 75.8. The largest absolute Gasteiger partial charge is 0.455 e. The van der Waals surface area contributed by atoms with Crippen LogP contribution in [0, 0.1) is 0 Å². The third-order valence-corrected chi connectivity index (χ3v) is 26.3. The zero-order valence-electron chi connectivity index (χ0n) is 75.8. The van der Waals surface area contributed by atoms with Crippen LogP contribution < -0.4 is 14.7 Å². The van der Waals surface area contributed by atoms with E-state index >= 15 is 0 Å². The van der Waals surface area contributed by atoms with Crippen molar-refractivity contribution in [3.05, 3.63) is 564 Å². The molecular weight excluding hydrogens is 1670 g/mol. The normalized spacial score (nSPS) is 11.2. The summed E-state index contributed by atoms with van der Waals surface area (Å²) < 4.78 is 11.1. The molecule has 0 aliphatic heterocycles. The molecule has 0 radical (unpaired) electrons. The maximum absolute atomic E-state index is 6.34. The summed E-state index contributed by atoms with van der Waals surface area (Å²) in [6.07, 6.45) is 0. The second kappa shape index (κ2) is 38.1. The van der Waals surface area contributed by atoms with Crippen LogP contribution in [0.3, 0.4) is 0 Å². The van der Waals surface area contributed by atoms with Gasteiger partial charge in [0.1, 0.15) is 11.2 Å². The minimum absolute atomic E-state index is 0.913. The van der Waals surface area contributed by atoms with Crippen LogP contribution in [0.5, 0.6) is 0 Å². The molecule has 6 heteroatoms. The van der Waals surface area contributed by atoms with Crippen LogP contribution >= 0.6 is 0 Å². The topological polar surface area (TPSA) is 32.7 Å². The molecule has 0 aliphatic rings. The van der Waals surface area contributed by atoms with Crippen molar-refractivity contribution in [2.45, 2.75) is 0 Å². The number of aromatic nitrogens is 2. The number of hydrogen-bond donors (Lipinski definition) is 0. The van der Waals surface area contributed by atoms with Crippen LogP contribution in [-0.4, -0.2) is 9.13 Å². The third kappa shape index (κ3) is 17.0. The van der Waals surface area contributed by atoms with Crippen molar-refractivity contribution < 1.29 is 4.42 Å². The van der Waals surface area contributed by atoms with E-state index in [0.717, 1.165) is 95.6 Å². The van der Waals surface area contributed by atoms with Crippen molar-refractivity contribution in [2.24, 2.45) is 0 Å². The molecule has 0 saturated heterocycles. The van der Waals surface area contributed by atoms with Gasteiger partial charge in [-0.3, -0.25) is 0 Å². The second-order valence-electron chi connectivity index (χ2n) is 34.7. The standard InChI is InChI=1S/C48H34N2.C42H30N2.C42H29NO/c1-3-12-35(13-4-1)37-22-28-41(29-23-37)49(42-30-24-38(25-31-42)36-14-5-2-6-15-36)43-32-26-39(27-33-43)40-16-11-17-44(34-40)50-47-20-9-7-18-45(47)46-19-8-10-21-48(46)50;1-3-12-31(13-4-1)32-22-26-36(27-23-32)43(35-15-5-2-6-16-35)37-28-24-33(25-29-37)34-14-11-17-38(30-34)44-41-20-9-7-18-39(41)40-19-8-10-21-42(40)44;1-3-10-30(11-4-1)32-18-24-35(25-19-32)43(36-26-20-33(21-27-36)31-12-5-2-6-13-31)37-28-22-34(23-29-37)38-15-9-16-40-39-14-7-8-17-41(39)44-42(38)40/h1-34H;1-30H;1-29H. The number of fused-ring (bicyclic) bond motifs is 9. The molecule has 0 unspecified atom stereocenters. The van der Waals surface area contributed by atoms with Crippen molar-refractivity contribution in [2.75, 3.05) is 14.7 Å². The molecule has 25 rings (SSSR count). The fraction of sp³-hybridized carbons (Fsp3) is 0. The lowest BCUT2D eigenvalue weighted by Gasteiger charge is -2.26. The van der Waals surface area contributed by atoms with Crippen molar-refractivity contribution in [3.63, 3.8) is 0 Å². The van der Waals surface area contributed by atoms with E-state index < -0.39 is 0 Å². The van der Waals surface area contributed by atoms with Crippen molar-refractivity contribution >= 4 is 117 Å². The first kappa shape index (κ1) is 83.9. The Kier molecular flexibility index (Phi) is 23.2. The number of benzene rings is 22. The van der Waals surface area contributed by atoms with Crippen molar-refractivity contribution in [1.29, 1.82) is 0 Å². The molecule has 0 amide bonds. The van der Waals surface area contributed by atoms with E-state index in [1.165, 1.54) is 122 Å². The summed E-state index contributed by atoms with van der Waals surface area (Å²) in [5.74, 6) is 0. The van der Waals surface area contributed by atoms with Crippen LogP contribution in [0.1, 0.15) is 0 Å². The molecule has 0 N–H and O–H groups in total. The predicted octanol–water partition coefficient (Wildman–Crippen LogP) is 36.9. The molecule has 0 bridgehead atoms. The minimum Gasteiger partial charge on any atom is -0.455 e. The quantitative estimate of drug-likeness (QED) is 0.0808. The molecule has 0 saturated carbocycles. The predicted molar refractivity (Wildman–Crippen MR) is 583 cm³/mol. The van der Waals surface area contributed by atoms with Crippen LogP contribution in [0.2, 0.25) is 0 Å². The molecule has 22 aromatic carbocycles. The van der Waals surface area contributed by atoms with Gasteiger partial charge in [-0.05, 0) is 247 Å². The van der Waals surface area contributed by atoms with Crippen molar-refractivity contribution in [3.8, 4) is 100 Å². The summed E-state index contributed by atoms with van der Waals surface area (Å²) in [7, 11) is 0. The lowest BCUT2D eigenvalue weighted by molar-refractivity contribution is 0.670. The van der Waals surface area contributed by atoms with Crippen LogP contribution in [0.4, 0.5) is 51.2 Å². The summed E-state index contributed by atoms with van der Waals surface area (Å²) in [6, 6.07) is 201. The molecule has 25 aromatic rings. The Morgan fingerprint density at radius 2 is 0.341 bits per heavy atom. The summed E-state index contributed by atoms with van der Waals surface area (Å²) in [5, 5.41) is 7.37. The maximum Gasteiger partial charge on any atom is 0.143 e. The molecule has 6 nitrogen and oxygen atoms in total. The van der Waals surface area contributed by atoms with Gasteiger partial charge in [-0.25, -0.2) is 0 Å². The second-order valence-corrected chi connectivity index (χ2v) is 34.7. The molecule has 652 valence electrons. The van der Waals surface area contributed by atoms with Crippen molar-refractivity contribution in [1.82, 2.24) is 9.13 Å². The number of anilines is 9. The van der Waals surface area contributed by atoms with E-state index in [2.05, 4.69) is 576 Å². The molecular formula is C132H93N5O. The Morgan fingerprint density at radius 3 is 0.630 bits per heavy atom. The number of hydrogen-bond acceptors (Lipinski definition) is 4. The van der Waals surface area contributed by atoms with Gasteiger partial charge in [0.25, 0.3) is 0 Å². The first-order valence-corrected chi connectivity index (χ1v) is 47.1. The molecule has 0 atom stereocenters. The Labute approximate surface area is 803 Å². The Balaban J connectivity index is 0.000000116. The van der Waals surface area contributed by atoms with Gasteiger partial charge < -0.3 is 28.3 Å². The highest BCUT2D eigenvalue weighted by atomic mass is 16.3. The molecule has 3 heterocycles. The number of furan rings is 1.